The maximum absolute atomic E-state index is 10.9. The van der Waals surface area contributed by atoms with Crippen molar-refractivity contribution >= 4 is 39.4 Å². The topological polar surface area (TPSA) is 403 Å². The average molecular weight is 2030 g/mol. The maximum atomic E-state index is 10.9. The third-order valence-corrected chi connectivity index (χ3v) is 22.4. The van der Waals surface area contributed by atoms with Crippen molar-refractivity contribution in [1.82, 2.24) is 105 Å². The van der Waals surface area contributed by atoms with Crippen LogP contribution in [0, 0.1) is 5.41 Å². The van der Waals surface area contributed by atoms with Crippen molar-refractivity contribution in [3.05, 3.63) is 363 Å². The smallest absolute Gasteiger partial charge is 0.248 e. The summed E-state index contributed by atoms with van der Waals surface area (Å²) >= 11 is 0. The minimum Gasteiger partial charge on any atom is -0.397 e. The number of imidazole rings is 1. The molecule has 0 aliphatic heterocycles. The molecule has 0 radical (unpaired) electrons. The second-order valence-corrected chi connectivity index (χ2v) is 51.2. The van der Waals surface area contributed by atoms with Gasteiger partial charge in [-0.1, -0.05) is 315 Å². The van der Waals surface area contributed by atoms with E-state index in [0.29, 0.717) is 17.1 Å². The Morgan fingerprint density at radius 1 is 0.268 bits per heavy atom. The molecule has 808 valence electrons. The Morgan fingerprint density at radius 2 is 0.765 bits per heavy atom. The molecule has 0 saturated heterocycles. The Bertz CT molecular complexity index is 6200. The molecular formula is C123H184N24O2. The lowest BCUT2D eigenvalue weighted by atomic mass is 9.86. The van der Waals surface area contributed by atoms with Crippen molar-refractivity contribution in [3.8, 4) is 0 Å². The minimum absolute atomic E-state index is 0.0302. The molecule has 0 aromatic carbocycles. The van der Waals surface area contributed by atoms with Crippen LogP contribution >= 0.6 is 0 Å². The first-order valence-electron chi connectivity index (χ1n) is 51.1. The Balaban J connectivity index is 0.000000413. The standard InChI is InChI=1S/2C11H14N2.3C9H14N2.2C9H13NO.3C9H13N.C8H14N2.C7H11N3.2C7H12N2/c1-11(2,3)9-5-7-13-10-8(9)4-6-12-10;1-11(2,3)9-7-13-10-8(9)5-4-6-12-10;1-9(2,3)7-4-5-11-6-8(7)10;1-9(2,3)7-4-5-11-8(10)6-7;1-9(2,3)7-4-5-8(10)11-6-7;1-9(2,3)7-4-5-10-8(11)6-7;1-9(2,3)7-4-5-8(11)10-6-7;1-9(2,3)8-4-6-10-7-5-8;1-9(2,3)8-5-4-6-10-7-8;1-9(2,3)8-6-4-5-7-10-8;1-8(2,3)4-7-5-9-10-6-7;1-7(2,3)6-9-4-8-5-10-6;1-7(2,3)6-4-8-5-9-6;1-7(2,3)6-4-8-9-5-6/h2*4-7H,1-3H3,(H,12,13);4-6H,10H2,1-3H3;2*4-6H,1-3H3,(H2,10,11);2*4-6H,1-3H3,(H,10,11);3*4-7H,1-3H3;5-6H,4H2,1-3H3,(H,9,10);4-5H,1-3H3;2*4-5H,1-3H3,(H,8,9). The second kappa shape index (κ2) is 57.1. The number of hydrogen-bond acceptors (Lipinski definition) is 19. The molecule has 0 amide bonds. The van der Waals surface area contributed by atoms with Gasteiger partial charge in [0.05, 0.1) is 30.6 Å². The number of aromatic amines is 7. The lowest BCUT2D eigenvalue weighted by Crippen LogP contribution is -2.15. The number of aromatic nitrogens is 21. The van der Waals surface area contributed by atoms with Gasteiger partial charge in [0.25, 0.3) is 0 Å². The summed E-state index contributed by atoms with van der Waals surface area (Å²) in [5.41, 5.74) is 37.9. The minimum atomic E-state index is -0.0435. The highest BCUT2D eigenvalue weighted by Crippen LogP contribution is 2.33. The van der Waals surface area contributed by atoms with Crippen LogP contribution in [0.3, 0.4) is 0 Å². The van der Waals surface area contributed by atoms with Crippen LogP contribution in [0.25, 0.3) is 22.1 Å². The van der Waals surface area contributed by atoms with E-state index in [1.54, 1.807) is 55.6 Å². The first kappa shape index (κ1) is 129. The Kier molecular flexibility index (Phi) is 49.6. The van der Waals surface area contributed by atoms with Gasteiger partial charge in [-0.2, -0.15) is 10.2 Å². The Morgan fingerprint density at radius 3 is 1.15 bits per heavy atom. The van der Waals surface area contributed by atoms with Gasteiger partial charge in [0.1, 0.15) is 41.4 Å². The van der Waals surface area contributed by atoms with E-state index in [9.17, 15) is 9.59 Å². The summed E-state index contributed by atoms with van der Waals surface area (Å²) in [4.78, 5) is 84.6. The summed E-state index contributed by atoms with van der Waals surface area (Å²) in [6.07, 6.45) is 42.7. The van der Waals surface area contributed by atoms with Gasteiger partial charge in [0.15, 0.2) is 0 Å². The van der Waals surface area contributed by atoms with E-state index in [0.717, 1.165) is 51.6 Å². The fourth-order valence-corrected chi connectivity index (χ4v) is 13.2. The lowest BCUT2D eigenvalue weighted by Gasteiger charge is -2.20. The SMILES string of the molecule is CC(C)(C)Cc1cn[nH]c1.CC(C)(C)c1c[nH]c2ncccc12.CC(C)(C)c1cc[nH]c(=O)c1.CC(C)(C)c1ccc(=O)[nH]c1.CC(C)(C)c1ccc(N)nc1.CC(C)(C)c1ccccn1.CC(C)(C)c1cccnc1.CC(C)(C)c1ccnc(N)c1.CC(C)(C)c1ccnc2[nH]ccc12.CC(C)(C)c1ccncc1.CC(C)(C)c1ccncc1N.CC(C)(C)c1cn[nH]c1.CC(C)(C)c1cnc[nH]1.CC(C)(C)c1ncncn1. The van der Waals surface area contributed by atoms with Gasteiger partial charge in [-0.15, -0.1) is 0 Å². The van der Waals surface area contributed by atoms with Gasteiger partial charge < -0.3 is 42.1 Å². The number of hydrogen-bond donors (Lipinski definition) is 10. The molecule has 0 unspecified atom stereocenters. The third-order valence-electron chi connectivity index (χ3n) is 22.4. The number of nitrogens with two attached hydrogens (primary N) is 3. The van der Waals surface area contributed by atoms with Gasteiger partial charge in [0, 0.05) is 156 Å². The van der Waals surface area contributed by atoms with Crippen LogP contribution in [0.5, 0.6) is 0 Å². The number of pyridine rings is 10. The highest BCUT2D eigenvalue weighted by atomic mass is 16.1. The molecule has 16 aromatic heterocycles. The number of rotatable bonds is 1. The fourth-order valence-electron chi connectivity index (χ4n) is 13.2. The molecule has 13 N–H and O–H groups in total. The van der Waals surface area contributed by atoms with E-state index >= 15 is 0 Å². The predicted molar refractivity (Wildman–Crippen MR) is 627 cm³/mol. The molecule has 0 aliphatic rings. The molecule has 0 fully saturated rings. The molecule has 16 rings (SSSR count). The zero-order valence-electron chi connectivity index (χ0n) is 98.3. The first-order valence-corrected chi connectivity index (χ1v) is 51.1. The van der Waals surface area contributed by atoms with Crippen LogP contribution in [0.4, 0.5) is 17.3 Å². The molecule has 16 heterocycles. The molecule has 0 atom stereocenters. The summed E-state index contributed by atoms with van der Waals surface area (Å²) in [5, 5.41) is 15.8. The summed E-state index contributed by atoms with van der Waals surface area (Å²) in [7, 11) is 0. The average Bonchev–Trinajstić information content (AvgIpc) is 1.62. The highest BCUT2D eigenvalue weighted by molar-refractivity contribution is 5.81. The van der Waals surface area contributed by atoms with Crippen LogP contribution in [0.15, 0.2) is 274 Å². The van der Waals surface area contributed by atoms with E-state index in [4.69, 9.17) is 17.2 Å². The van der Waals surface area contributed by atoms with E-state index < -0.39 is 0 Å². The van der Waals surface area contributed by atoms with Crippen molar-refractivity contribution in [2.75, 3.05) is 17.2 Å². The molecule has 0 spiro atoms. The molecule has 16 aromatic rings. The third kappa shape index (κ3) is 51.6. The highest BCUT2D eigenvalue weighted by Gasteiger charge is 2.24. The van der Waals surface area contributed by atoms with Crippen molar-refractivity contribution in [2.45, 2.75) is 368 Å². The van der Waals surface area contributed by atoms with Crippen molar-refractivity contribution in [2.24, 2.45) is 5.41 Å². The van der Waals surface area contributed by atoms with Crippen LogP contribution in [0.2, 0.25) is 0 Å². The summed E-state index contributed by atoms with van der Waals surface area (Å²) < 4.78 is 0. The zero-order valence-corrected chi connectivity index (χ0v) is 98.3. The van der Waals surface area contributed by atoms with Crippen LogP contribution in [-0.2, 0) is 76.8 Å². The second-order valence-electron chi connectivity index (χ2n) is 51.2. The molecule has 0 aliphatic carbocycles. The first-order chi connectivity index (χ1) is 68.4. The van der Waals surface area contributed by atoms with Gasteiger partial charge in [-0.05, 0) is 212 Å². The normalized spacial score (nSPS) is 11.7. The number of nitrogens with zero attached hydrogens (tertiary/aromatic N) is 14. The molecule has 149 heavy (non-hydrogen) atoms. The summed E-state index contributed by atoms with van der Waals surface area (Å²) in [6.45, 7) is 90.7. The monoisotopic (exact) mass is 2030 g/mol. The van der Waals surface area contributed by atoms with E-state index in [2.05, 4.69) is 445 Å². The molecular weight excluding hydrogens is 1850 g/mol. The van der Waals surface area contributed by atoms with E-state index in [1.165, 1.54) is 73.6 Å². The molecule has 26 nitrogen and oxygen atoms in total. The van der Waals surface area contributed by atoms with Gasteiger partial charge in [-0.3, -0.25) is 39.7 Å². The molecule has 0 saturated carbocycles. The largest absolute Gasteiger partial charge is 0.397 e. The van der Waals surface area contributed by atoms with Crippen LogP contribution in [0.1, 0.15) is 369 Å². The van der Waals surface area contributed by atoms with Gasteiger partial charge in [0.2, 0.25) is 11.1 Å². The fraction of sp³-hybridized carbons (Fsp3) is 0.463. The number of nitrogens with one attached hydrogen (secondary N) is 7. The van der Waals surface area contributed by atoms with Crippen molar-refractivity contribution in [1.29, 1.82) is 0 Å². The predicted octanol–water partition coefficient (Wildman–Crippen LogP) is 28.7. The number of nitrogen functional groups attached to an aromatic ring is 3. The van der Waals surface area contributed by atoms with Crippen molar-refractivity contribution < 1.29 is 0 Å². The number of H-pyrrole nitrogens is 7. The number of anilines is 3. The van der Waals surface area contributed by atoms with E-state index in [1.807, 2.05) is 147 Å². The van der Waals surface area contributed by atoms with E-state index in [-0.39, 0.29) is 81.5 Å². The molecule has 0 bridgehead atoms. The lowest BCUT2D eigenvalue weighted by molar-refractivity contribution is 0.411. The quantitative estimate of drug-likeness (QED) is 0.0729. The van der Waals surface area contributed by atoms with Crippen LogP contribution in [-0.4, -0.2) is 105 Å². The maximum Gasteiger partial charge on any atom is 0.248 e. The Hall–Kier alpha value is -13.8. The van der Waals surface area contributed by atoms with Gasteiger partial charge in [-0.25, -0.2) is 39.9 Å². The van der Waals surface area contributed by atoms with Crippen molar-refractivity contribution in [3.63, 3.8) is 0 Å². The zero-order chi connectivity index (χ0) is 113. The Labute approximate surface area is 892 Å². The number of fused-ring (bicyclic) bond motifs is 2. The van der Waals surface area contributed by atoms with Gasteiger partial charge >= 0.3 is 0 Å². The molecule has 26 heteroatoms. The van der Waals surface area contributed by atoms with Crippen LogP contribution < -0.4 is 28.3 Å². The summed E-state index contributed by atoms with van der Waals surface area (Å²) in [5.74, 6) is 2.01. The summed E-state index contributed by atoms with van der Waals surface area (Å²) in [6, 6.07) is 39.2.